The zero-order chi connectivity index (χ0) is 28.1. The number of alkyl halides is 6. The molecule has 0 radical (unpaired) electrons. The number of urea groups is 1. The van der Waals surface area contributed by atoms with E-state index in [0.29, 0.717) is 12.4 Å². The average molecular weight is 552 g/mol. The molecule has 6 rings (SSSR count). The molecule has 6 nitrogen and oxygen atoms in total. The molecule has 3 fully saturated rings. The number of rotatable bonds is 5. The van der Waals surface area contributed by atoms with Crippen LogP contribution in [0, 0.1) is 5.41 Å². The van der Waals surface area contributed by atoms with Gasteiger partial charge >= 0.3 is 18.4 Å². The molecule has 0 spiro atoms. The Bertz CT molecular complexity index is 1340. The van der Waals surface area contributed by atoms with E-state index >= 15 is 0 Å². The number of nitrogens with zero attached hydrogens (tertiary/aromatic N) is 3. The largest absolute Gasteiger partial charge is 0.417 e. The molecule has 2 aromatic carbocycles. The number of aromatic nitrogens is 3. The van der Waals surface area contributed by atoms with Gasteiger partial charge in [0, 0.05) is 30.3 Å². The molecule has 12 heteroatoms. The Labute approximate surface area is 220 Å². The van der Waals surface area contributed by atoms with Crippen LogP contribution in [0.15, 0.2) is 48.5 Å². The van der Waals surface area contributed by atoms with Crippen LogP contribution in [0.5, 0.6) is 0 Å². The van der Waals surface area contributed by atoms with Crippen LogP contribution in [0.1, 0.15) is 55.5 Å². The summed E-state index contributed by atoms with van der Waals surface area (Å²) in [6, 6.07) is 9.09. The fraction of sp³-hybridized carbons (Fsp3) is 0.444. The van der Waals surface area contributed by atoms with Gasteiger partial charge < -0.3 is 15.2 Å². The Morgan fingerprint density at radius 3 is 2.08 bits per heavy atom. The second-order valence-corrected chi connectivity index (χ2v) is 10.6. The normalized spacial score (nSPS) is 23.1. The number of benzene rings is 2. The Kier molecular flexibility index (Phi) is 6.62. The van der Waals surface area contributed by atoms with E-state index in [0.717, 1.165) is 56.7 Å². The summed E-state index contributed by atoms with van der Waals surface area (Å²) in [5, 5.41) is 14.0. The number of hydrogen-bond acceptors (Lipinski definition) is 3. The topological polar surface area (TPSA) is 71.8 Å². The smallest absolute Gasteiger partial charge is 0.337 e. The summed E-state index contributed by atoms with van der Waals surface area (Å²) in [6.45, 7) is 0.415. The van der Waals surface area contributed by atoms with Gasteiger partial charge in [-0.3, -0.25) is 0 Å². The van der Waals surface area contributed by atoms with Crippen molar-refractivity contribution in [3.63, 3.8) is 0 Å². The number of nitrogens with one attached hydrogen (secondary N) is 2. The van der Waals surface area contributed by atoms with Gasteiger partial charge in [-0.15, -0.1) is 10.2 Å². The molecule has 0 unspecified atom stereocenters. The van der Waals surface area contributed by atoms with Crippen molar-refractivity contribution in [1.82, 2.24) is 20.1 Å². The summed E-state index contributed by atoms with van der Waals surface area (Å²) in [5.41, 5.74) is -1.71. The van der Waals surface area contributed by atoms with Crippen LogP contribution in [-0.2, 0) is 24.8 Å². The molecule has 0 aliphatic heterocycles. The van der Waals surface area contributed by atoms with Crippen LogP contribution in [-0.4, -0.2) is 27.3 Å². The van der Waals surface area contributed by atoms with Crippen molar-refractivity contribution in [1.29, 1.82) is 0 Å². The molecule has 2 N–H and O–H groups in total. The quantitative estimate of drug-likeness (QED) is 0.338. The summed E-state index contributed by atoms with van der Waals surface area (Å²) < 4.78 is 80.7. The molecule has 3 aromatic rings. The number of carbonyl (C=O) groups is 1. The van der Waals surface area contributed by atoms with Gasteiger partial charge in [0.2, 0.25) is 0 Å². The molecular weight excluding hydrogens is 524 g/mol. The molecule has 1 heterocycles. The monoisotopic (exact) mass is 551 g/mol. The molecule has 3 aliphatic rings. The molecule has 3 saturated carbocycles. The van der Waals surface area contributed by atoms with E-state index in [2.05, 4.69) is 20.8 Å². The summed E-state index contributed by atoms with van der Waals surface area (Å²) in [4.78, 5) is 12.4. The number of hydrogen-bond donors (Lipinski definition) is 2. The lowest BCUT2D eigenvalue weighted by atomic mass is 9.53. The molecule has 39 heavy (non-hydrogen) atoms. The molecule has 1 aromatic heterocycles. The van der Waals surface area contributed by atoms with Crippen molar-refractivity contribution in [3.05, 3.63) is 65.5 Å². The Balaban J connectivity index is 1.23. The third kappa shape index (κ3) is 5.20. The van der Waals surface area contributed by atoms with Gasteiger partial charge in [-0.2, -0.15) is 26.3 Å². The van der Waals surface area contributed by atoms with E-state index in [9.17, 15) is 31.1 Å². The second kappa shape index (κ2) is 9.56. The molecular formula is C27H27F6N5O. The highest BCUT2D eigenvalue weighted by Crippen LogP contribution is 2.57. The molecule has 2 bridgehead atoms. The Hall–Kier alpha value is -3.57. The minimum absolute atomic E-state index is 0.00752. The SMILES string of the molecule is Cn1c(-c2ccccc2C(F)(F)F)nnc1C12CCC(CNC(=O)Nc3ccc(C(F)(F)F)cc3)(CC1)CC2. The summed E-state index contributed by atoms with van der Waals surface area (Å²) in [5.74, 6) is 0.854. The molecule has 208 valence electrons. The van der Waals surface area contributed by atoms with Gasteiger partial charge in [0.05, 0.1) is 11.1 Å². The maximum Gasteiger partial charge on any atom is 0.417 e. The maximum absolute atomic E-state index is 13.6. The predicted molar refractivity (Wildman–Crippen MR) is 132 cm³/mol. The number of carbonyl (C=O) groups excluding carboxylic acids is 1. The lowest BCUT2D eigenvalue weighted by Gasteiger charge is -2.52. The van der Waals surface area contributed by atoms with Gasteiger partial charge in [0.1, 0.15) is 5.82 Å². The summed E-state index contributed by atoms with van der Waals surface area (Å²) in [7, 11) is 1.70. The average Bonchev–Trinajstić information content (AvgIpc) is 3.30. The van der Waals surface area contributed by atoms with Crippen molar-refractivity contribution in [3.8, 4) is 11.4 Å². The van der Waals surface area contributed by atoms with Crippen LogP contribution in [0.2, 0.25) is 0 Å². The lowest BCUT2D eigenvalue weighted by molar-refractivity contribution is -0.138. The minimum Gasteiger partial charge on any atom is -0.337 e. The van der Waals surface area contributed by atoms with Crippen LogP contribution >= 0.6 is 0 Å². The van der Waals surface area contributed by atoms with Crippen molar-refractivity contribution in [2.75, 3.05) is 11.9 Å². The van der Waals surface area contributed by atoms with Gasteiger partial charge in [-0.1, -0.05) is 18.2 Å². The highest BCUT2D eigenvalue weighted by molar-refractivity contribution is 5.89. The van der Waals surface area contributed by atoms with Crippen molar-refractivity contribution in [2.24, 2.45) is 12.5 Å². The summed E-state index contributed by atoms with van der Waals surface area (Å²) >= 11 is 0. The molecule has 0 atom stereocenters. The fourth-order valence-electron chi connectivity index (χ4n) is 6.00. The third-order valence-electron chi connectivity index (χ3n) is 8.32. The van der Waals surface area contributed by atoms with Gasteiger partial charge in [0.25, 0.3) is 0 Å². The van der Waals surface area contributed by atoms with E-state index in [1.165, 1.54) is 24.3 Å². The van der Waals surface area contributed by atoms with E-state index in [4.69, 9.17) is 0 Å². The standard InChI is InChI=1S/C27H27F6N5O/c1-38-21(19-4-2-3-5-20(19)27(31,32)33)36-37-22(38)25-13-10-24(11-14-25,12-15-25)16-34-23(39)35-18-8-6-17(7-9-18)26(28,29)30/h2-9H,10-16H2,1H3,(H2,34,35,39). The Morgan fingerprint density at radius 1 is 0.872 bits per heavy atom. The zero-order valence-corrected chi connectivity index (χ0v) is 21.1. The van der Waals surface area contributed by atoms with E-state index in [-0.39, 0.29) is 27.9 Å². The highest BCUT2D eigenvalue weighted by atomic mass is 19.4. The summed E-state index contributed by atoms with van der Waals surface area (Å²) in [6.07, 6.45) is -4.26. The first-order valence-electron chi connectivity index (χ1n) is 12.6. The molecule has 0 saturated heterocycles. The third-order valence-corrected chi connectivity index (χ3v) is 8.32. The fourth-order valence-corrected chi connectivity index (χ4v) is 6.00. The Morgan fingerprint density at radius 2 is 1.49 bits per heavy atom. The number of halogens is 6. The first-order chi connectivity index (χ1) is 18.3. The van der Waals surface area contributed by atoms with E-state index < -0.39 is 29.5 Å². The number of fused-ring (bicyclic) bond motifs is 3. The van der Waals surface area contributed by atoms with E-state index in [1.54, 1.807) is 17.7 Å². The van der Waals surface area contributed by atoms with Gasteiger partial charge in [-0.05, 0) is 74.3 Å². The first kappa shape index (κ1) is 27.0. The first-order valence-corrected chi connectivity index (χ1v) is 12.6. The predicted octanol–water partition coefficient (Wildman–Crippen LogP) is 6.93. The minimum atomic E-state index is -4.51. The van der Waals surface area contributed by atoms with Crippen LogP contribution in [0.3, 0.4) is 0 Å². The van der Waals surface area contributed by atoms with Crippen molar-refractivity contribution >= 4 is 11.7 Å². The van der Waals surface area contributed by atoms with Crippen molar-refractivity contribution in [2.45, 2.75) is 56.3 Å². The van der Waals surface area contributed by atoms with Gasteiger partial charge in [0.15, 0.2) is 5.82 Å². The lowest BCUT2D eigenvalue weighted by Crippen LogP contribution is -2.50. The molecule has 3 aliphatic carbocycles. The van der Waals surface area contributed by atoms with E-state index in [1.807, 2.05) is 0 Å². The van der Waals surface area contributed by atoms with Crippen LogP contribution in [0.25, 0.3) is 11.4 Å². The number of amides is 2. The molecule has 2 amide bonds. The number of anilines is 1. The van der Waals surface area contributed by atoms with Crippen molar-refractivity contribution < 1.29 is 31.1 Å². The highest BCUT2D eigenvalue weighted by Gasteiger charge is 2.51. The zero-order valence-electron chi connectivity index (χ0n) is 21.1. The maximum atomic E-state index is 13.6. The second-order valence-electron chi connectivity index (χ2n) is 10.6. The van der Waals surface area contributed by atoms with Gasteiger partial charge in [-0.25, -0.2) is 4.79 Å². The van der Waals surface area contributed by atoms with Crippen LogP contribution in [0.4, 0.5) is 36.8 Å². The van der Waals surface area contributed by atoms with Crippen LogP contribution < -0.4 is 10.6 Å².